The minimum absolute atomic E-state index is 0.429. The number of hydrogen-bond donors (Lipinski definition) is 1. The SMILES string of the molecule is CCc1c(-c2cccc(C)c2C)noc1N. The second-order valence-corrected chi connectivity index (χ2v) is 3.98. The van der Waals surface area contributed by atoms with Gasteiger partial charge in [-0.3, -0.25) is 0 Å². The standard InChI is InChI=1S/C13H16N2O/c1-4-10-12(15-16-13(10)14)11-7-5-6-8(2)9(11)3/h5-7H,4,14H2,1-3H3. The molecule has 0 saturated heterocycles. The lowest BCUT2D eigenvalue weighted by atomic mass is 9.98. The Labute approximate surface area is 95.3 Å². The van der Waals surface area contributed by atoms with Crippen molar-refractivity contribution in [1.29, 1.82) is 0 Å². The number of anilines is 1. The first-order chi connectivity index (χ1) is 7.65. The molecule has 1 aromatic carbocycles. The Kier molecular flexibility index (Phi) is 2.69. The van der Waals surface area contributed by atoms with E-state index in [4.69, 9.17) is 10.3 Å². The van der Waals surface area contributed by atoms with Crippen molar-refractivity contribution in [2.45, 2.75) is 27.2 Å². The van der Waals surface area contributed by atoms with E-state index in [9.17, 15) is 0 Å². The summed E-state index contributed by atoms with van der Waals surface area (Å²) >= 11 is 0. The Hall–Kier alpha value is -1.77. The minimum atomic E-state index is 0.429. The third kappa shape index (κ3) is 1.58. The molecule has 2 rings (SSSR count). The Balaban J connectivity index is 2.63. The number of aryl methyl sites for hydroxylation is 1. The summed E-state index contributed by atoms with van der Waals surface area (Å²) in [5.41, 5.74) is 11.2. The predicted molar refractivity (Wildman–Crippen MR) is 65.2 cm³/mol. The van der Waals surface area contributed by atoms with Gasteiger partial charge in [0.05, 0.1) is 0 Å². The molecule has 0 saturated carbocycles. The number of hydrogen-bond acceptors (Lipinski definition) is 3. The number of aromatic nitrogens is 1. The minimum Gasteiger partial charge on any atom is -0.367 e. The number of benzene rings is 1. The average molecular weight is 216 g/mol. The molecule has 2 aromatic rings. The van der Waals surface area contributed by atoms with E-state index >= 15 is 0 Å². The van der Waals surface area contributed by atoms with E-state index in [1.54, 1.807) is 0 Å². The van der Waals surface area contributed by atoms with Gasteiger partial charge in [0.25, 0.3) is 0 Å². The quantitative estimate of drug-likeness (QED) is 0.839. The van der Waals surface area contributed by atoms with E-state index in [0.29, 0.717) is 5.88 Å². The van der Waals surface area contributed by atoms with Crippen molar-refractivity contribution in [2.24, 2.45) is 0 Å². The van der Waals surface area contributed by atoms with Gasteiger partial charge in [-0.05, 0) is 31.4 Å². The van der Waals surface area contributed by atoms with Crippen LogP contribution in [0.4, 0.5) is 5.88 Å². The molecule has 0 aliphatic carbocycles. The van der Waals surface area contributed by atoms with Gasteiger partial charge in [0, 0.05) is 11.1 Å². The second-order valence-electron chi connectivity index (χ2n) is 3.98. The Bertz CT molecular complexity index is 515. The molecule has 3 heteroatoms. The lowest BCUT2D eigenvalue weighted by Gasteiger charge is -2.06. The van der Waals surface area contributed by atoms with Crippen molar-refractivity contribution in [3.05, 3.63) is 34.9 Å². The van der Waals surface area contributed by atoms with Crippen molar-refractivity contribution in [3.8, 4) is 11.3 Å². The zero-order chi connectivity index (χ0) is 11.7. The molecular weight excluding hydrogens is 200 g/mol. The van der Waals surface area contributed by atoms with Crippen LogP contribution in [0.1, 0.15) is 23.6 Å². The van der Waals surface area contributed by atoms with E-state index < -0.39 is 0 Å². The highest BCUT2D eigenvalue weighted by Crippen LogP contribution is 2.30. The van der Waals surface area contributed by atoms with Crippen LogP contribution >= 0.6 is 0 Å². The third-order valence-corrected chi connectivity index (χ3v) is 3.03. The third-order valence-electron chi connectivity index (χ3n) is 3.03. The Morgan fingerprint density at radius 1 is 1.31 bits per heavy atom. The van der Waals surface area contributed by atoms with Crippen molar-refractivity contribution >= 4 is 5.88 Å². The number of nitrogens with two attached hydrogens (primary N) is 1. The van der Waals surface area contributed by atoms with E-state index in [-0.39, 0.29) is 0 Å². The summed E-state index contributed by atoms with van der Waals surface area (Å²) in [6.07, 6.45) is 0.831. The van der Waals surface area contributed by atoms with Crippen LogP contribution in [0, 0.1) is 13.8 Å². The molecular formula is C13H16N2O. The van der Waals surface area contributed by atoms with Gasteiger partial charge in [-0.1, -0.05) is 30.3 Å². The maximum Gasteiger partial charge on any atom is 0.225 e. The fraction of sp³-hybridized carbons (Fsp3) is 0.308. The number of rotatable bonds is 2. The fourth-order valence-electron chi connectivity index (χ4n) is 1.88. The first-order valence-corrected chi connectivity index (χ1v) is 5.45. The molecule has 0 atom stereocenters. The van der Waals surface area contributed by atoms with Crippen LogP contribution in [0.5, 0.6) is 0 Å². The molecule has 0 bridgehead atoms. The molecule has 0 unspecified atom stereocenters. The topological polar surface area (TPSA) is 52.0 Å². The molecule has 0 radical (unpaired) electrons. The van der Waals surface area contributed by atoms with Crippen LogP contribution in [0.15, 0.2) is 22.7 Å². The summed E-state index contributed by atoms with van der Waals surface area (Å²) in [7, 11) is 0. The van der Waals surface area contributed by atoms with Crippen LogP contribution in [0.3, 0.4) is 0 Å². The van der Waals surface area contributed by atoms with Crippen molar-refractivity contribution < 1.29 is 4.52 Å². The van der Waals surface area contributed by atoms with Crippen LogP contribution < -0.4 is 5.73 Å². The molecule has 1 aromatic heterocycles. The lowest BCUT2D eigenvalue weighted by Crippen LogP contribution is -1.92. The average Bonchev–Trinajstić information content (AvgIpc) is 2.63. The zero-order valence-corrected chi connectivity index (χ0v) is 9.87. The Morgan fingerprint density at radius 3 is 2.75 bits per heavy atom. The number of nitrogens with zero attached hydrogens (tertiary/aromatic N) is 1. The van der Waals surface area contributed by atoms with Crippen LogP contribution in [-0.2, 0) is 6.42 Å². The summed E-state index contributed by atoms with van der Waals surface area (Å²) in [4.78, 5) is 0. The van der Waals surface area contributed by atoms with Crippen molar-refractivity contribution in [2.75, 3.05) is 5.73 Å². The van der Waals surface area contributed by atoms with Crippen LogP contribution in [0.25, 0.3) is 11.3 Å². The van der Waals surface area contributed by atoms with Crippen LogP contribution in [0.2, 0.25) is 0 Å². The van der Waals surface area contributed by atoms with Gasteiger partial charge in [0.1, 0.15) is 5.69 Å². The molecule has 0 aliphatic rings. The highest BCUT2D eigenvalue weighted by molar-refractivity contribution is 5.70. The fourth-order valence-corrected chi connectivity index (χ4v) is 1.88. The van der Waals surface area contributed by atoms with Gasteiger partial charge < -0.3 is 10.3 Å². The first-order valence-electron chi connectivity index (χ1n) is 5.45. The van der Waals surface area contributed by atoms with Gasteiger partial charge in [0.2, 0.25) is 5.88 Å². The summed E-state index contributed by atoms with van der Waals surface area (Å²) in [5.74, 6) is 0.429. The Morgan fingerprint density at radius 2 is 2.06 bits per heavy atom. The van der Waals surface area contributed by atoms with E-state index in [0.717, 1.165) is 23.2 Å². The maximum absolute atomic E-state index is 5.75. The van der Waals surface area contributed by atoms with Gasteiger partial charge >= 0.3 is 0 Å². The van der Waals surface area contributed by atoms with Crippen LogP contribution in [-0.4, -0.2) is 5.16 Å². The molecule has 0 spiro atoms. The lowest BCUT2D eigenvalue weighted by molar-refractivity contribution is 0.438. The molecule has 2 N–H and O–H groups in total. The van der Waals surface area contributed by atoms with E-state index in [1.165, 1.54) is 11.1 Å². The summed E-state index contributed by atoms with van der Waals surface area (Å²) < 4.78 is 5.06. The second kappa shape index (κ2) is 4.00. The summed E-state index contributed by atoms with van der Waals surface area (Å²) in [6, 6.07) is 6.18. The monoisotopic (exact) mass is 216 g/mol. The molecule has 1 heterocycles. The van der Waals surface area contributed by atoms with Gasteiger partial charge in [0.15, 0.2) is 0 Å². The van der Waals surface area contributed by atoms with Crippen molar-refractivity contribution in [1.82, 2.24) is 5.16 Å². The largest absolute Gasteiger partial charge is 0.367 e. The smallest absolute Gasteiger partial charge is 0.225 e. The molecule has 16 heavy (non-hydrogen) atoms. The van der Waals surface area contributed by atoms with E-state index in [2.05, 4.69) is 38.1 Å². The summed E-state index contributed by atoms with van der Waals surface area (Å²) in [5, 5.41) is 4.06. The summed E-state index contributed by atoms with van der Waals surface area (Å²) in [6.45, 7) is 6.24. The highest BCUT2D eigenvalue weighted by atomic mass is 16.5. The molecule has 0 aliphatic heterocycles. The van der Waals surface area contributed by atoms with Crippen molar-refractivity contribution in [3.63, 3.8) is 0 Å². The van der Waals surface area contributed by atoms with E-state index in [1.807, 2.05) is 6.07 Å². The van der Waals surface area contributed by atoms with Gasteiger partial charge in [-0.25, -0.2) is 0 Å². The molecule has 0 amide bonds. The molecule has 0 fully saturated rings. The molecule has 84 valence electrons. The maximum atomic E-state index is 5.75. The number of nitrogen functional groups attached to an aromatic ring is 1. The normalized spacial score (nSPS) is 10.7. The zero-order valence-electron chi connectivity index (χ0n) is 9.87. The predicted octanol–water partition coefficient (Wildman–Crippen LogP) is 3.10. The molecule has 3 nitrogen and oxygen atoms in total. The van der Waals surface area contributed by atoms with Gasteiger partial charge in [-0.15, -0.1) is 0 Å². The van der Waals surface area contributed by atoms with Gasteiger partial charge in [-0.2, -0.15) is 0 Å². The highest BCUT2D eigenvalue weighted by Gasteiger charge is 2.15. The first kappa shape index (κ1) is 10.7.